The molecule has 1 aliphatic heterocycles. The zero-order valence-electron chi connectivity index (χ0n) is 17.4. The van der Waals surface area contributed by atoms with Crippen LogP contribution in [0.25, 0.3) is 0 Å². The number of amides is 1. The number of likely N-dealkylation sites (tertiary alicyclic amines) is 1. The Morgan fingerprint density at radius 1 is 1.17 bits per heavy atom. The number of ether oxygens (including phenoxy) is 2. The summed E-state index contributed by atoms with van der Waals surface area (Å²) in [6.07, 6.45) is 6.30. The number of likely N-dealkylation sites (N-methyl/N-ethyl adjacent to an activating group) is 1. The second-order valence-corrected chi connectivity index (χ2v) is 8.30. The molecule has 1 saturated heterocycles. The van der Waals surface area contributed by atoms with Crippen LogP contribution in [0.1, 0.15) is 35.2 Å². The van der Waals surface area contributed by atoms with Crippen molar-refractivity contribution in [2.24, 2.45) is 5.92 Å². The van der Waals surface area contributed by atoms with Gasteiger partial charge in [-0.15, -0.1) is 0 Å². The van der Waals surface area contributed by atoms with Gasteiger partial charge in [0.15, 0.2) is 11.5 Å². The van der Waals surface area contributed by atoms with Crippen molar-refractivity contribution in [3.8, 4) is 11.5 Å². The predicted octanol–water partition coefficient (Wildman–Crippen LogP) is 2.88. The fourth-order valence-corrected chi connectivity index (χ4v) is 5.22. The van der Waals surface area contributed by atoms with E-state index in [1.165, 1.54) is 5.56 Å². The van der Waals surface area contributed by atoms with Crippen LogP contribution in [0.2, 0.25) is 0 Å². The molecule has 1 amide bonds. The largest absolute Gasteiger partial charge is 0.493 e. The van der Waals surface area contributed by atoms with Gasteiger partial charge in [-0.05, 0) is 62.1 Å². The summed E-state index contributed by atoms with van der Waals surface area (Å²) in [5.41, 5.74) is 2.07. The average Bonchev–Trinajstić information content (AvgIpc) is 3.10. The van der Waals surface area contributed by atoms with Crippen molar-refractivity contribution >= 4 is 5.91 Å². The zero-order chi connectivity index (χ0) is 20.4. The molecule has 1 N–H and O–H groups in total. The smallest absolute Gasteiger partial charge is 0.251 e. The Hall–Kier alpha value is -2.60. The van der Waals surface area contributed by atoms with E-state index in [4.69, 9.17) is 9.47 Å². The lowest BCUT2D eigenvalue weighted by Crippen LogP contribution is -2.47. The molecular weight excluding hydrogens is 366 g/mol. The van der Waals surface area contributed by atoms with E-state index in [9.17, 15) is 4.79 Å². The highest BCUT2D eigenvalue weighted by molar-refractivity contribution is 5.94. The normalized spacial score (nSPS) is 26.6. The minimum atomic E-state index is -0.0117. The molecule has 2 aliphatic rings. The number of hydrogen-bond acceptors (Lipinski definition) is 5. The van der Waals surface area contributed by atoms with Gasteiger partial charge in [0.25, 0.3) is 5.91 Å². The maximum Gasteiger partial charge on any atom is 0.251 e. The van der Waals surface area contributed by atoms with Gasteiger partial charge >= 0.3 is 0 Å². The van der Waals surface area contributed by atoms with Crippen LogP contribution in [0.3, 0.4) is 0 Å². The number of carbonyl (C=O) groups is 1. The molecule has 2 heterocycles. The standard InChI is InChI=1S/C23H29N3O3/c1-26-14-18-12-19(25-22(27)16-7-10-24-11-8-16)6-9-23(18,15-26)17-4-5-20(28-2)21(13-17)29-3/h4-5,7-8,10-11,13,18-19H,6,9,12,14-15H2,1-3H3,(H,25,27)/t18-,19+,23-/m1/s1. The first-order valence-corrected chi connectivity index (χ1v) is 10.2. The van der Waals surface area contributed by atoms with E-state index in [1.54, 1.807) is 38.7 Å². The van der Waals surface area contributed by atoms with Crippen LogP contribution in [0.15, 0.2) is 42.7 Å². The Bertz CT molecular complexity index is 873. The summed E-state index contributed by atoms with van der Waals surface area (Å²) in [7, 11) is 5.53. The molecule has 154 valence electrons. The Balaban J connectivity index is 1.54. The van der Waals surface area contributed by atoms with E-state index >= 15 is 0 Å². The molecule has 29 heavy (non-hydrogen) atoms. The van der Waals surface area contributed by atoms with Crippen molar-refractivity contribution in [3.05, 3.63) is 53.9 Å². The van der Waals surface area contributed by atoms with Crippen LogP contribution in [-0.2, 0) is 5.41 Å². The monoisotopic (exact) mass is 395 g/mol. The number of methoxy groups -OCH3 is 2. The van der Waals surface area contributed by atoms with Gasteiger partial charge in [-0.25, -0.2) is 0 Å². The first-order valence-electron chi connectivity index (χ1n) is 10.2. The summed E-state index contributed by atoms with van der Waals surface area (Å²) in [4.78, 5) is 19.0. The Labute approximate surface area is 172 Å². The fourth-order valence-electron chi connectivity index (χ4n) is 5.22. The van der Waals surface area contributed by atoms with Crippen molar-refractivity contribution in [2.45, 2.75) is 30.7 Å². The van der Waals surface area contributed by atoms with E-state index in [2.05, 4.69) is 34.4 Å². The lowest BCUT2D eigenvalue weighted by molar-refractivity contribution is 0.0904. The first-order chi connectivity index (χ1) is 14.1. The molecule has 6 nitrogen and oxygen atoms in total. The molecule has 1 aliphatic carbocycles. The number of carbonyl (C=O) groups excluding carboxylic acids is 1. The maximum absolute atomic E-state index is 12.6. The molecule has 1 saturated carbocycles. The quantitative estimate of drug-likeness (QED) is 0.843. The van der Waals surface area contributed by atoms with Crippen LogP contribution in [0.4, 0.5) is 0 Å². The third-order valence-electron chi connectivity index (χ3n) is 6.61. The number of nitrogens with zero attached hydrogens (tertiary/aromatic N) is 2. The third-order valence-corrected chi connectivity index (χ3v) is 6.61. The summed E-state index contributed by atoms with van der Waals surface area (Å²) in [6, 6.07) is 10.0. The van der Waals surface area contributed by atoms with Crippen molar-refractivity contribution in [1.29, 1.82) is 0 Å². The van der Waals surface area contributed by atoms with Crippen molar-refractivity contribution in [2.75, 3.05) is 34.4 Å². The molecule has 0 spiro atoms. The summed E-state index contributed by atoms with van der Waals surface area (Å²) in [6.45, 7) is 2.06. The molecule has 6 heteroatoms. The lowest BCUT2D eigenvalue weighted by Gasteiger charge is -2.43. The second kappa shape index (κ2) is 8.03. The van der Waals surface area contributed by atoms with Crippen LogP contribution < -0.4 is 14.8 Å². The van der Waals surface area contributed by atoms with Crippen LogP contribution in [0, 0.1) is 5.92 Å². The van der Waals surface area contributed by atoms with Crippen molar-refractivity contribution in [3.63, 3.8) is 0 Å². The molecule has 0 radical (unpaired) electrons. The van der Waals surface area contributed by atoms with Gasteiger partial charge in [0.2, 0.25) is 0 Å². The van der Waals surface area contributed by atoms with Gasteiger partial charge in [0.05, 0.1) is 14.2 Å². The molecular formula is C23H29N3O3. The van der Waals surface area contributed by atoms with E-state index in [0.29, 0.717) is 11.5 Å². The molecule has 0 unspecified atom stereocenters. The number of pyridine rings is 1. The minimum Gasteiger partial charge on any atom is -0.493 e. The van der Waals surface area contributed by atoms with Gasteiger partial charge in [-0.3, -0.25) is 9.78 Å². The highest BCUT2D eigenvalue weighted by Crippen LogP contribution is 2.49. The zero-order valence-corrected chi connectivity index (χ0v) is 17.4. The second-order valence-electron chi connectivity index (χ2n) is 8.30. The number of rotatable bonds is 5. The Morgan fingerprint density at radius 2 is 1.93 bits per heavy atom. The van der Waals surface area contributed by atoms with Gasteiger partial charge in [-0.2, -0.15) is 0 Å². The summed E-state index contributed by atoms with van der Waals surface area (Å²) >= 11 is 0. The SMILES string of the molecule is COc1ccc([C@]23CC[C@H](NC(=O)c4ccncc4)C[C@@H]2CN(C)C3)cc1OC. The number of fused-ring (bicyclic) bond motifs is 1. The van der Waals surface area contributed by atoms with Crippen LogP contribution in [-0.4, -0.2) is 56.2 Å². The molecule has 0 bridgehead atoms. The van der Waals surface area contributed by atoms with Crippen molar-refractivity contribution < 1.29 is 14.3 Å². The Morgan fingerprint density at radius 3 is 2.66 bits per heavy atom. The van der Waals surface area contributed by atoms with E-state index in [1.807, 2.05) is 6.07 Å². The maximum atomic E-state index is 12.6. The third kappa shape index (κ3) is 3.69. The topological polar surface area (TPSA) is 63.7 Å². The van der Waals surface area contributed by atoms with E-state index in [0.717, 1.165) is 43.9 Å². The number of nitrogens with one attached hydrogen (secondary N) is 1. The van der Waals surface area contributed by atoms with Gasteiger partial charge < -0.3 is 19.7 Å². The van der Waals surface area contributed by atoms with Gasteiger partial charge in [0, 0.05) is 42.5 Å². The van der Waals surface area contributed by atoms with E-state index < -0.39 is 0 Å². The number of aromatic nitrogens is 1. The lowest BCUT2D eigenvalue weighted by atomic mass is 9.63. The molecule has 1 aromatic carbocycles. The number of benzene rings is 1. The molecule has 4 rings (SSSR count). The van der Waals surface area contributed by atoms with Crippen LogP contribution in [0.5, 0.6) is 11.5 Å². The molecule has 2 aromatic rings. The molecule has 1 aromatic heterocycles. The highest BCUT2D eigenvalue weighted by Gasteiger charge is 2.50. The first kappa shape index (κ1) is 19.7. The Kier molecular flexibility index (Phi) is 5.46. The average molecular weight is 396 g/mol. The molecule has 2 fully saturated rings. The summed E-state index contributed by atoms with van der Waals surface area (Å²) < 4.78 is 11.0. The van der Waals surface area contributed by atoms with Gasteiger partial charge in [-0.1, -0.05) is 6.07 Å². The summed E-state index contributed by atoms with van der Waals surface area (Å²) in [5.74, 6) is 2.01. The van der Waals surface area contributed by atoms with Gasteiger partial charge in [0.1, 0.15) is 0 Å². The van der Waals surface area contributed by atoms with Crippen molar-refractivity contribution in [1.82, 2.24) is 15.2 Å². The predicted molar refractivity (Wildman–Crippen MR) is 112 cm³/mol. The van der Waals surface area contributed by atoms with E-state index in [-0.39, 0.29) is 17.4 Å². The number of hydrogen-bond donors (Lipinski definition) is 1. The summed E-state index contributed by atoms with van der Waals surface area (Å²) in [5, 5.41) is 3.24. The minimum absolute atomic E-state index is 0.0117. The van der Waals surface area contributed by atoms with Crippen LogP contribution >= 0.6 is 0 Å². The highest BCUT2D eigenvalue weighted by atomic mass is 16.5. The fraction of sp³-hybridized carbons (Fsp3) is 0.478. The molecule has 3 atom stereocenters.